The molecule has 18 heavy (non-hydrogen) atoms. The molecule has 1 rings (SSSR count). The summed E-state index contributed by atoms with van der Waals surface area (Å²) in [7, 11) is -3.20. The van der Waals surface area contributed by atoms with Crippen LogP contribution in [-0.4, -0.2) is 16.2 Å². The molecule has 0 radical (unpaired) electrons. The molecule has 1 aromatic carbocycles. The molecule has 7 heteroatoms. The van der Waals surface area contributed by atoms with E-state index in [0.29, 0.717) is 0 Å². The Balaban J connectivity index is 3.36. The number of carbonyl (C=O) groups is 1. The molecule has 0 heterocycles. The van der Waals surface area contributed by atoms with E-state index >= 15 is 0 Å². The van der Waals surface area contributed by atoms with E-state index in [1.807, 2.05) is 0 Å². The molecule has 0 fully saturated rings. The van der Waals surface area contributed by atoms with E-state index in [0.717, 1.165) is 18.4 Å². The van der Waals surface area contributed by atoms with E-state index in [-0.39, 0.29) is 5.69 Å². The monoisotopic (exact) mass is 276 g/mol. The highest BCUT2D eigenvalue weighted by Gasteiger charge is 2.23. The Morgan fingerprint density at radius 3 is 2.39 bits per heavy atom. The largest absolute Gasteiger partial charge is 0.296 e. The number of benzene rings is 1. The maximum Gasteiger partial charge on any atom is 0.171 e. The van der Waals surface area contributed by atoms with Crippen molar-refractivity contribution in [3.05, 3.63) is 29.3 Å². The summed E-state index contributed by atoms with van der Waals surface area (Å²) in [6.07, 6.45) is 1.06. The molecule has 0 aliphatic carbocycles. The summed E-state index contributed by atoms with van der Waals surface area (Å²) in [4.78, 5) is 11.7. The van der Waals surface area contributed by atoms with E-state index in [1.54, 1.807) is 0 Å². The lowest BCUT2D eigenvalue weighted by molar-refractivity contribution is 0.0931. The molecule has 0 bridgehead atoms. The van der Waals surface area contributed by atoms with E-state index in [1.165, 1.54) is 13.8 Å². The summed E-state index contributed by atoms with van der Waals surface area (Å²) in [5.41, 5.74) is -0.985. The third-order valence-corrected chi connectivity index (χ3v) is 2.78. The predicted octanol–water partition coefficient (Wildman–Crippen LogP) is 2.81. The number of halogens is 2. The second-order valence-electron chi connectivity index (χ2n) is 4.25. The van der Waals surface area contributed by atoms with Crippen molar-refractivity contribution in [2.45, 2.75) is 13.8 Å². The fraction of sp³-hybridized carbons (Fsp3) is 0.364. The number of rotatable bonds is 4. The van der Waals surface area contributed by atoms with Gasteiger partial charge in [-0.1, -0.05) is 13.8 Å². The fourth-order valence-electron chi connectivity index (χ4n) is 1.36. The molecule has 0 aromatic heterocycles. The SMILES string of the molecule is CC(C)C(=O)c1c(F)ccc(NS(C)(=N)=O)c1F. The number of Topliss-reactive ketones (excluding diaryl/α,β-unsaturated/α-hetero) is 1. The van der Waals surface area contributed by atoms with Gasteiger partial charge in [0.15, 0.2) is 11.6 Å². The quantitative estimate of drug-likeness (QED) is 0.830. The van der Waals surface area contributed by atoms with Crippen LogP contribution in [0.5, 0.6) is 0 Å². The molecule has 2 N–H and O–H groups in total. The molecule has 100 valence electrons. The molecule has 0 saturated carbocycles. The zero-order valence-corrected chi connectivity index (χ0v) is 11.0. The smallest absolute Gasteiger partial charge is 0.171 e. The Kier molecular flexibility index (Phi) is 4.05. The van der Waals surface area contributed by atoms with Crippen LogP contribution in [0.1, 0.15) is 24.2 Å². The van der Waals surface area contributed by atoms with Crippen molar-refractivity contribution in [2.24, 2.45) is 5.92 Å². The average molecular weight is 276 g/mol. The molecule has 4 nitrogen and oxygen atoms in total. The highest BCUT2D eigenvalue weighted by molar-refractivity contribution is 7.93. The average Bonchev–Trinajstić information content (AvgIpc) is 2.20. The number of carbonyl (C=O) groups excluding carboxylic acids is 1. The van der Waals surface area contributed by atoms with Gasteiger partial charge in [-0.15, -0.1) is 0 Å². The Hall–Kier alpha value is -1.50. The first kappa shape index (κ1) is 14.6. The lowest BCUT2D eigenvalue weighted by Gasteiger charge is -2.12. The summed E-state index contributed by atoms with van der Waals surface area (Å²) < 4.78 is 47.9. The van der Waals surface area contributed by atoms with E-state index in [9.17, 15) is 17.8 Å². The lowest BCUT2D eigenvalue weighted by atomic mass is 9.99. The molecule has 0 saturated heterocycles. The Morgan fingerprint density at radius 1 is 1.39 bits per heavy atom. The number of nitrogens with one attached hydrogen (secondary N) is 2. The highest BCUT2D eigenvalue weighted by atomic mass is 32.2. The molecule has 0 aliphatic heterocycles. The normalized spacial score (nSPS) is 14.3. The lowest BCUT2D eigenvalue weighted by Crippen LogP contribution is -2.16. The topological polar surface area (TPSA) is 70.0 Å². The number of anilines is 1. The van der Waals surface area contributed by atoms with Crippen LogP contribution in [0.2, 0.25) is 0 Å². The maximum absolute atomic E-state index is 13.9. The summed E-state index contributed by atoms with van der Waals surface area (Å²) in [5.74, 6) is -3.33. The van der Waals surface area contributed by atoms with E-state index < -0.39 is 38.8 Å². The Morgan fingerprint density at radius 2 is 1.94 bits per heavy atom. The number of hydrogen-bond donors (Lipinski definition) is 2. The first-order valence-corrected chi connectivity index (χ1v) is 7.14. The molecule has 1 atom stereocenters. The van der Waals surface area contributed by atoms with Gasteiger partial charge in [0.1, 0.15) is 15.7 Å². The van der Waals surface area contributed by atoms with Gasteiger partial charge in [0.05, 0.1) is 11.3 Å². The van der Waals surface area contributed by atoms with Gasteiger partial charge in [0.2, 0.25) is 0 Å². The van der Waals surface area contributed by atoms with E-state index in [4.69, 9.17) is 4.78 Å². The third kappa shape index (κ3) is 3.25. The molecule has 0 amide bonds. The number of ketones is 1. The Bertz CT molecular complexity index is 583. The molecular formula is C11H14F2N2O2S. The van der Waals surface area contributed by atoms with Crippen LogP contribution < -0.4 is 4.72 Å². The summed E-state index contributed by atoms with van der Waals surface area (Å²) in [6.45, 7) is 3.05. The third-order valence-electron chi connectivity index (χ3n) is 2.17. The zero-order chi connectivity index (χ0) is 14.1. The predicted molar refractivity (Wildman–Crippen MR) is 65.9 cm³/mol. The molecule has 1 unspecified atom stereocenters. The molecule has 0 spiro atoms. The van der Waals surface area contributed by atoms with Gasteiger partial charge in [-0.05, 0) is 12.1 Å². The van der Waals surface area contributed by atoms with Gasteiger partial charge in [-0.3, -0.25) is 9.52 Å². The van der Waals surface area contributed by atoms with Crippen LogP contribution in [0, 0.1) is 22.3 Å². The standard InChI is InChI=1S/C11H14F2N2O2S/c1-6(2)11(16)9-7(12)4-5-8(10(9)13)15-18(3,14)17/h4-6H,1-3H3,(H2,14,15,17). The van der Waals surface area contributed by atoms with Crippen molar-refractivity contribution in [3.8, 4) is 0 Å². The first-order valence-electron chi connectivity index (χ1n) is 5.17. The van der Waals surface area contributed by atoms with Crippen LogP contribution in [0.3, 0.4) is 0 Å². The van der Waals surface area contributed by atoms with E-state index in [2.05, 4.69) is 4.72 Å². The van der Waals surface area contributed by atoms with Gasteiger partial charge in [-0.2, -0.15) is 0 Å². The summed E-state index contributed by atoms with van der Waals surface area (Å²) >= 11 is 0. The van der Waals surface area contributed by atoms with Crippen molar-refractivity contribution in [3.63, 3.8) is 0 Å². The van der Waals surface area contributed by atoms with Crippen LogP contribution in [0.4, 0.5) is 14.5 Å². The van der Waals surface area contributed by atoms with Gasteiger partial charge < -0.3 is 0 Å². The molecule has 1 aromatic rings. The van der Waals surface area contributed by atoms with Gasteiger partial charge >= 0.3 is 0 Å². The first-order chi connectivity index (χ1) is 8.13. The second kappa shape index (κ2) is 5.01. The summed E-state index contributed by atoms with van der Waals surface area (Å²) in [5, 5.41) is 0. The minimum absolute atomic E-state index is 0.317. The van der Waals surface area contributed by atoms with Crippen molar-refractivity contribution in [1.29, 1.82) is 4.78 Å². The van der Waals surface area contributed by atoms with Gasteiger partial charge in [-0.25, -0.2) is 17.8 Å². The second-order valence-corrected chi connectivity index (χ2v) is 6.14. The Labute approximate surface area is 105 Å². The molecular weight excluding hydrogens is 262 g/mol. The van der Waals surface area contributed by atoms with Crippen LogP contribution in [0.15, 0.2) is 12.1 Å². The van der Waals surface area contributed by atoms with Crippen LogP contribution in [-0.2, 0) is 9.92 Å². The summed E-state index contributed by atoms with van der Waals surface area (Å²) in [6, 6.07) is 1.92. The van der Waals surface area contributed by atoms with Crippen LogP contribution in [0.25, 0.3) is 0 Å². The maximum atomic E-state index is 13.9. The fourth-order valence-corrected chi connectivity index (χ4v) is 1.93. The van der Waals surface area contributed by atoms with Crippen LogP contribution >= 0.6 is 0 Å². The van der Waals surface area contributed by atoms with Crippen molar-refractivity contribution in [2.75, 3.05) is 11.0 Å². The minimum atomic E-state index is -3.20. The highest BCUT2D eigenvalue weighted by Crippen LogP contribution is 2.24. The zero-order valence-electron chi connectivity index (χ0n) is 10.2. The van der Waals surface area contributed by atoms with Crippen molar-refractivity contribution in [1.82, 2.24) is 0 Å². The van der Waals surface area contributed by atoms with Crippen molar-refractivity contribution < 1.29 is 17.8 Å². The minimum Gasteiger partial charge on any atom is -0.296 e. The van der Waals surface area contributed by atoms with Crippen molar-refractivity contribution >= 4 is 21.4 Å². The van der Waals surface area contributed by atoms with Gasteiger partial charge in [0.25, 0.3) is 0 Å². The van der Waals surface area contributed by atoms with Gasteiger partial charge in [0, 0.05) is 12.2 Å². The molecule has 0 aliphatic rings. The number of hydrogen-bond acceptors (Lipinski definition) is 3.